The molecule has 0 saturated heterocycles. The Balaban J connectivity index is 2.16. The van der Waals surface area contributed by atoms with Crippen molar-refractivity contribution in [2.24, 2.45) is 11.3 Å². The van der Waals surface area contributed by atoms with E-state index in [-0.39, 0.29) is 5.41 Å². The summed E-state index contributed by atoms with van der Waals surface area (Å²) in [7, 11) is 4.32. The van der Waals surface area contributed by atoms with Gasteiger partial charge in [-0.05, 0) is 37.2 Å². The fraction of sp³-hybridized carbons (Fsp3) is 0.368. The van der Waals surface area contributed by atoms with Crippen molar-refractivity contribution >= 4 is 5.57 Å². The Bertz CT molecular complexity index is 577. The van der Waals surface area contributed by atoms with E-state index in [2.05, 4.69) is 80.6 Å². The molecule has 0 fully saturated rings. The third-order valence-electron chi connectivity index (χ3n) is 4.51. The van der Waals surface area contributed by atoms with Crippen molar-refractivity contribution in [3.05, 3.63) is 65.8 Å². The second kappa shape index (κ2) is 5.06. The summed E-state index contributed by atoms with van der Waals surface area (Å²) in [6.45, 7) is 3.42. The van der Waals surface area contributed by atoms with Crippen LogP contribution in [0, 0.1) is 11.3 Å². The molecule has 0 saturated carbocycles. The van der Waals surface area contributed by atoms with E-state index in [0.717, 1.165) is 6.54 Å². The van der Waals surface area contributed by atoms with Gasteiger partial charge in [0.25, 0.3) is 0 Å². The highest BCUT2D eigenvalue weighted by atomic mass is 15.1. The number of nitrogens with zero attached hydrogens (tertiary/aromatic N) is 1. The molecule has 1 heteroatoms. The summed E-state index contributed by atoms with van der Waals surface area (Å²) >= 11 is 0. The van der Waals surface area contributed by atoms with Crippen LogP contribution in [0.5, 0.6) is 0 Å². The van der Waals surface area contributed by atoms with Gasteiger partial charge in [-0.1, -0.05) is 61.6 Å². The summed E-state index contributed by atoms with van der Waals surface area (Å²) in [6.07, 6.45) is 10.4. The molecule has 2 atom stereocenters. The van der Waals surface area contributed by atoms with Crippen LogP contribution >= 0.6 is 0 Å². The van der Waals surface area contributed by atoms with Gasteiger partial charge in [0.1, 0.15) is 0 Å². The number of allylic oxidation sites excluding steroid dienone is 5. The monoisotopic (exact) mass is 265 g/mol. The number of likely N-dealkylation sites (N-methyl/N-ethyl adjacent to an activating group) is 1. The van der Waals surface area contributed by atoms with E-state index < -0.39 is 0 Å². The van der Waals surface area contributed by atoms with Crippen molar-refractivity contribution in [1.82, 2.24) is 4.90 Å². The maximum Gasteiger partial charge on any atom is 0.0201 e. The molecule has 2 aliphatic carbocycles. The molecule has 1 nitrogen and oxygen atoms in total. The maximum atomic E-state index is 2.39. The van der Waals surface area contributed by atoms with Gasteiger partial charge in [-0.15, -0.1) is 0 Å². The lowest BCUT2D eigenvalue weighted by Gasteiger charge is -2.27. The van der Waals surface area contributed by atoms with Gasteiger partial charge in [0.2, 0.25) is 0 Å². The minimum atomic E-state index is 0.198. The molecule has 3 rings (SSSR count). The van der Waals surface area contributed by atoms with Gasteiger partial charge in [-0.3, -0.25) is 0 Å². The minimum absolute atomic E-state index is 0.198. The van der Waals surface area contributed by atoms with Gasteiger partial charge in [-0.2, -0.15) is 0 Å². The molecule has 0 radical (unpaired) electrons. The van der Waals surface area contributed by atoms with E-state index in [1.165, 1.54) is 12.0 Å². The van der Waals surface area contributed by atoms with Crippen LogP contribution in [-0.2, 0) is 0 Å². The summed E-state index contributed by atoms with van der Waals surface area (Å²) < 4.78 is 0. The fourth-order valence-electron chi connectivity index (χ4n) is 3.60. The van der Waals surface area contributed by atoms with Crippen molar-refractivity contribution in [1.29, 1.82) is 0 Å². The molecule has 0 amide bonds. The van der Waals surface area contributed by atoms with E-state index in [0.29, 0.717) is 5.92 Å². The molecule has 0 aliphatic heterocycles. The van der Waals surface area contributed by atoms with Gasteiger partial charge < -0.3 is 4.90 Å². The van der Waals surface area contributed by atoms with Crippen molar-refractivity contribution in [3.8, 4) is 0 Å². The van der Waals surface area contributed by atoms with Crippen molar-refractivity contribution < 1.29 is 0 Å². The molecule has 104 valence electrons. The molecule has 2 unspecified atom stereocenters. The maximum absolute atomic E-state index is 2.39. The highest BCUT2D eigenvalue weighted by molar-refractivity contribution is 5.77. The highest BCUT2D eigenvalue weighted by Gasteiger charge is 2.40. The predicted molar refractivity (Wildman–Crippen MR) is 86.4 cm³/mol. The molecule has 1 aromatic rings. The third-order valence-corrected chi connectivity index (χ3v) is 4.51. The molecule has 2 aliphatic rings. The molecular weight excluding hydrogens is 242 g/mol. The van der Waals surface area contributed by atoms with Crippen LogP contribution in [-0.4, -0.2) is 25.5 Å². The van der Waals surface area contributed by atoms with Crippen LogP contribution in [0.3, 0.4) is 0 Å². The van der Waals surface area contributed by atoms with E-state index in [1.807, 2.05) is 0 Å². The Morgan fingerprint density at radius 3 is 2.60 bits per heavy atom. The van der Waals surface area contributed by atoms with Crippen LogP contribution in [0.1, 0.15) is 18.9 Å². The lowest BCUT2D eigenvalue weighted by molar-refractivity contribution is 0.389. The van der Waals surface area contributed by atoms with Crippen molar-refractivity contribution in [3.63, 3.8) is 0 Å². The molecule has 20 heavy (non-hydrogen) atoms. The van der Waals surface area contributed by atoms with Crippen molar-refractivity contribution in [2.75, 3.05) is 20.6 Å². The summed E-state index contributed by atoms with van der Waals surface area (Å²) in [5.41, 5.74) is 4.71. The molecule has 0 N–H and O–H groups in total. The van der Waals surface area contributed by atoms with Gasteiger partial charge in [0.15, 0.2) is 0 Å². The second-order valence-corrected chi connectivity index (χ2v) is 6.47. The lowest BCUT2D eigenvalue weighted by atomic mass is 9.82. The first-order valence-electron chi connectivity index (χ1n) is 7.40. The average Bonchev–Trinajstić information content (AvgIpc) is 2.57. The quantitative estimate of drug-likeness (QED) is 0.793. The van der Waals surface area contributed by atoms with E-state index in [4.69, 9.17) is 0 Å². The molecule has 0 aromatic heterocycles. The van der Waals surface area contributed by atoms with E-state index in [1.54, 1.807) is 11.1 Å². The molecule has 2 bridgehead atoms. The first-order chi connectivity index (χ1) is 9.60. The standard InChI is InChI=1S/C19H23N/c1-19-12-8-7-11-16(13-19)18(17(19)14-20(2)3)15-9-5-4-6-10-15/h4-12,16H,13-14H2,1-3H3. The normalized spacial score (nSPS) is 28.3. The minimum Gasteiger partial charge on any atom is -0.305 e. The third kappa shape index (κ3) is 2.27. The van der Waals surface area contributed by atoms with Crippen LogP contribution in [0.15, 0.2) is 60.2 Å². The zero-order chi connectivity index (χ0) is 14.2. The molecule has 0 spiro atoms. The van der Waals surface area contributed by atoms with Gasteiger partial charge in [-0.25, -0.2) is 0 Å². The smallest absolute Gasteiger partial charge is 0.0201 e. The largest absolute Gasteiger partial charge is 0.305 e. The Labute approximate surface area is 122 Å². The molecular formula is C19H23N. The summed E-state index contributed by atoms with van der Waals surface area (Å²) in [4.78, 5) is 2.29. The summed E-state index contributed by atoms with van der Waals surface area (Å²) in [6, 6.07) is 10.9. The molecule has 1 aromatic carbocycles. The van der Waals surface area contributed by atoms with Crippen LogP contribution in [0.4, 0.5) is 0 Å². The number of fused-ring (bicyclic) bond motifs is 2. The van der Waals surface area contributed by atoms with Crippen LogP contribution in [0.25, 0.3) is 5.57 Å². The Morgan fingerprint density at radius 2 is 1.90 bits per heavy atom. The summed E-state index contributed by atoms with van der Waals surface area (Å²) in [5.74, 6) is 0.548. The number of rotatable bonds is 3. The Kier molecular flexibility index (Phi) is 3.39. The average molecular weight is 265 g/mol. The first kappa shape index (κ1) is 13.4. The Morgan fingerprint density at radius 1 is 1.15 bits per heavy atom. The summed E-state index contributed by atoms with van der Waals surface area (Å²) in [5, 5.41) is 0. The predicted octanol–water partition coefficient (Wildman–Crippen LogP) is 4.15. The number of hydrogen-bond acceptors (Lipinski definition) is 1. The van der Waals surface area contributed by atoms with Crippen LogP contribution < -0.4 is 0 Å². The Hall–Kier alpha value is -1.60. The van der Waals surface area contributed by atoms with Crippen molar-refractivity contribution in [2.45, 2.75) is 13.3 Å². The van der Waals surface area contributed by atoms with Gasteiger partial charge in [0.05, 0.1) is 0 Å². The van der Waals surface area contributed by atoms with E-state index >= 15 is 0 Å². The lowest BCUT2D eigenvalue weighted by Crippen LogP contribution is -2.23. The number of benzene rings is 1. The van der Waals surface area contributed by atoms with Crippen LogP contribution in [0.2, 0.25) is 0 Å². The zero-order valence-corrected chi connectivity index (χ0v) is 12.6. The van der Waals surface area contributed by atoms with Gasteiger partial charge in [0, 0.05) is 17.9 Å². The number of hydrogen-bond donors (Lipinski definition) is 0. The second-order valence-electron chi connectivity index (χ2n) is 6.47. The molecule has 0 heterocycles. The fourth-order valence-corrected chi connectivity index (χ4v) is 3.60. The first-order valence-corrected chi connectivity index (χ1v) is 7.40. The topological polar surface area (TPSA) is 3.24 Å². The SMILES string of the molecule is CN(C)CC1=C(c2ccccc2)C2C=CC=CC1(C)C2. The zero-order valence-electron chi connectivity index (χ0n) is 12.6. The highest BCUT2D eigenvalue weighted by Crippen LogP contribution is 2.52. The van der Waals surface area contributed by atoms with E-state index in [9.17, 15) is 0 Å². The van der Waals surface area contributed by atoms with Gasteiger partial charge >= 0.3 is 0 Å².